The summed E-state index contributed by atoms with van der Waals surface area (Å²) in [5, 5.41) is 0. The fourth-order valence-corrected chi connectivity index (χ4v) is 4.41. The van der Waals surface area contributed by atoms with E-state index in [1.54, 1.807) is 6.07 Å². The summed E-state index contributed by atoms with van der Waals surface area (Å²) in [6.45, 7) is 1.69. The van der Waals surface area contributed by atoms with E-state index in [-0.39, 0.29) is 10.8 Å². The smallest absolute Gasteiger partial charge is 0.137 e. The average Bonchev–Trinajstić information content (AvgIpc) is 3.03. The molecule has 0 heterocycles. The maximum absolute atomic E-state index is 14.4. The molecule has 3 rings (SSSR count). The molecule has 2 aliphatic rings. The van der Waals surface area contributed by atoms with Crippen molar-refractivity contribution in [1.82, 2.24) is 4.90 Å². The SMILES string of the molecule is CN(Cc1cccc(C(N)=S)c1F)CC1CC2CCC1C2. The first kappa shape index (κ1) is 14.9. The van der Waals surface area contributed by atoms with Crippen molar-refractivity contribution in [1.29, 1.82) is 0 Å². The second-order valence-electron chi connectivity index (χ2n) is 6.77. The van der Waals surface area contributed by atoms with Crippen molar-refractivity contribution >= 4 is 17.2 Å². The molecule has 114 valence electrons. The summed E-state index contributed by atoms with van der Waals surface area (Å²) in [4.78, 5) is 2.37. The highest BCUT2D eigenvalue weighted by Crippen LogP contribution is 2.48. The highest BCUT2D eigenvalue weighted by atomic mass is 32.1. The molecule has 0 aromatic heterocycles. The van der Waals surface area contributed by atoms with Crippen LogP contribution in [0.4, 0.5) is 4.39 Å². The molecule has 2 saturated carbocycles. The summed E-state index contributed by atoms with van der Waals surface area (Å²) in [6.07, 6.45) is 5.61. The van der Waals surface area contributed by atoms with Crippen LogP contribution in [-0.4, -0.2) is 23.5 Å². The Morgan fingerprint density at radius 1 is 1.38 bits per heavy atom. The number of hydrogen-bond acceptors (Lipinski definition) is 2. The second kappa shape index (κ2) is 6.01. The van der Waals surface area contributed by atoms with Crippen LogP contribution >= 0.6 is 12.2 Å². The Morgan fingerprint density at radius 3 is 2.81 bits per heavy atom. The van der Waals surface area contributed by atoms with Crippen molar-refractivity contribution in [2.45, 2.75) is 32.2 Å². The fraction of sp³-hybridized carbons (Fsp3) is 0.588. The Hall–Kier alpha value is -1.00. The summed E-state index contributed by atoms with van der Waals surface area (Å²) >= 11 is 4.90. The molecule has 0 aliphatic heterocycles. The lowest BCUT2D eigenvalue weighted by atomic mass is 9.88. The summed E-state index contributed by atoms with van der Waals surface area (Å²) in [6, 6.07) is 5.31. The quantitative estimate of drug-likeness (QED) is 0.846. The van der Waals surface area contributed by atoms with Crippen molar-refractivity contribution < 1.29 is 4.39 Å². The Kier molecular flexibility index (Phi) is 4.27. The minimum Gasteiger partial charge on any atom is -0.389 e. The Morgan fingerprint density at radius 2 is 2.19 bits per heavy atom. The molecule has 1 aromatic rings. The van der Waals surface area contributed by atoms with Gasteiger partial charge in [-0.1, -0.05) is 30.8 Å². The Bertz CT molecular complexity index is 546. The van der Waals surface area contributed by atoms with Crippen molar-refractivity contribution in [3.63, 3.8) is 0 Å². The fourth-order valence-electron chi connectivity index (χ4n) is 4.25. The van der Waals surface area contributed by atoms with Crippen LogP contribution in [0.15, 0.2) is 18.2 Å². The zero-order valence-electron chi connectivity index (χ0n) is 12.5. The van der Waals surface area contributed by atoms with Gasteiger partial charge in [0.05, 0.1) is 0 Å². The third-order valence-electron chi connectivity index (χ3n) is 5.22. The molecule has 1 aromatic carbocycles. The van der Waals surface area contributed by atoms with E-state index in [0.717, 1.165) is 24.3 Å². The molecule has 3 unspecified atom stereocenters. The van der Waals surface area contributed by atoms with E-state index in [0.29, 0.717) is 17.7 Å². The molecule has 4 heteroatoms. The van der Waals surface area contributed by atoms with Crippen LogP contribution in [0.3, 0.4) is 0 Å². The van der Waals surface area contributed by atoms with Crippen LogP contribution in [0.5, 0.6) is 0 Å². The summed E-state index contributed by atoms with van der Waals surface area (Å²) < 4.78 is 14.4. The third-order valence-corrected chi connectivity index (χ3v) is 5.44. The van der Waals surface area contributed by atoms with Gasteiger partial charge in [0.25, 0.3) is 0 Å². The zero-order chi connectivity index (χ0) is 15.0. The first-order chi connectivity index (χ1) is 10.0. The predicted molar refractivity (Wildman–Crippen MR) is 87.6 cm³/mol. The highest BCUT2D eigenvalue weighted by molar-refractivity contribution is 7.80. The Labute approximate surface area is 131 Å². The number of halogens is 1. The molecular weight excluding hydrogens is 283 g/mol. The van der Waals surface area contributed by atoms with Crippen LogP contribution in [0.25, 0.3) is 0 Å². The first-order valence-corrected chi connectivity index (χ1v) is 8.21. The van der Waals surface area contributed by atoms with E-state index in [1.807, 2.05) is 12.1 Å². The zero-order valence-corrected chi connectivity index (χ0v) is 13.3. The molecule has 3 atom stereocenters. The molecule has 0 spiro atoms. The number of hydrogen-bond donors (Lipinski definition) is 1. The molecule has 0 radical (unpaired) electrons. The average molecular weight is 306 g/mol. The lowest BCUT2D eigenvalue weighted by Gasteiger charge is -2.27. The number of rotatable bonds is 5. The summed E-state index contributed by atoms with van der Waals surface area (Å²) in [7, 11) is 2.08. The van der Waals surface area contributed by atoms with Gasteiger partial charge in [-0.2, -0.15) is 0 Å². The van der Waals surface area contributed by atoms with E-state index >= 15 is 0 Å². The summed E-state index contributed by atoms with van der Waals surface area (Å²) in [5.41, 5.74) is 6.61. The first-order valence-electron chi connectivity index (χ1n) is 7.80. The van der Waals surface area contributed by atoms with Crippen molar-refractivity contribution in [2.75, 3.05) is 13.6 Å². The van der Waals surface area contributed by atoms with Gasteiger partial charge in [-0.3, -0.25) is 0 Å². The van der Waals surface area contributed by atoms with E-state index < -0.39 is 0 Å². The number of fused-ring (bicyclic) bond motifs is 2. The maximum Gasteiger partial charge on any atom is 0.137 e. The lowest BCUT2D eigenvalue weighted by molar-refractivity contribution is 0.213. The molecule has 2 N–H and O–H groups in total. The minimum absolute atomic E-state index is 0.130. The molecular formula is C17H23FN2S. The van der Waals surface area contributed by atoms with E-state index in [9.17, 15) is 4.39 Å². The largest absolute Gasteiger partial charge is 0.389 e. The predicted octanol–water partition coefficient (Wildman–Crippen LogP) is 3.33. The lowest BCUT2D eigenvalue weighted by Crippen LogP contribution is -2.29. The summed E-state index contributed by atoms with van der Waals surface area (Å²) in [5.74, 6) is 2.41. The van der Waals surface area contributed by atoms with Crippen LogP contribution < -0.4 is 5.73 Å². The van der Waals surface area contributed by atoms with Crippen molar-refractivity contribution in [3.8, 4) is 0 Å². The van der Waals surface area contributed by atoms with Crippen molar-refractivity contribution in [3.05, 3.63) is 35.1 Å². The van der Waals surface area contributed by atoms with Gasteiger partial charge in [-0.15, -0.1) is 0 Å². The van der Waals surface area contributed by atoms with Gasteiger partial charge in [-0.25, -0.2) is 4.39 Å². The van der Waals surface area contributed by atoms with Crippen LogP contribution in [0.2, 0.25) is 0 Å². The van der Waals surface area contributed by atoms with E-state index in [1.165, 1.54) is 25.7 Å². The topological polar surface area (TPSA) is 29.3 Å². The van der Waals surface area contributed by atoms with Gasteiger partial charge >= 0.3 is 0 Å². The second-order valence-corrected chi connectivity index (χ2v) is 7.21. The normalized spacial score (nSPS) is 27.5. The number of benzene rings is 1. The number of nitrogens with zero attached hydrogens (tertiary/aromatic N) is 1. The van der Waals surface area contributed by atoms with E-state index in [4.69, 9.17) is 18.0 Å². The van der Waals surface area contributed by atoms with Gasteiger partial charge in [-0.05, 0) is 50.1 Å². The highest BCUT2D eigenvalue weighted by Gasteiger charge is 2.39. The molecule has 2 fully saturated rings. The third kappa shape index (κ3) is 3.11. The maximum atomic E-state index is 14.4. The van der Waals surface area contributed by atoms with Gasteiger partial charge in [0, 0.05) is 24.2 Å². The standard InChI is InChI=1S/C17H23FN2S/c1-20(10-14-8-11-5-6-12(14)7-11)9-13-3-2-4-15(16(13)18)17(19)21/h2-4,11-12,14H,5-10H2,1H3,(H2,19,21). The number of thiocarbonyl (C=S) groups is 1. The molecule has 0 saturated heterocycles. The van der Waals surface area contributed by atoms with Gasteiger partial charge in [0.1, 0.15) is 10.8 Å². The van der Waals surface area contributed by atoms with Crippen LogP contribution in [0.1, 0.15) is 36.8 Å². The number of nitrogens with two attached hydrogens (primary N) is 1. The van der Waals surface area contributed by atoms with Crippen LogP contribution in [-0.2, 0) is 6.54 Å². The molecule has 2 nitrogen and oxygen atoms in total. The molecule has 0 amide bonds. The molecule has 21 heavy (non-hydrogen) atoms. The van der Waals surface area contributed by atoms with Gasteiger partial charge in [0.15, 0.2) is 0 Å². The van der Waals surface area contributed by atoms with Crippen molar-refractivity contribution in [2.24, 2.45) is 23.5 Å². The van der Waals surface area contributed by atoms with Crippen LogP contribution in [0, 0.1) is 23.6 Å². The minimum atomic E-state index is -0.259. The monoisotopic (exact) mass is 306 g/mol. The van der Waals surface area contributed by atoms with Gasteiger partial charge < -0.3 is 10.6 Å². The Balaban J connectivity index is 1.63. The molecule has 2 bridgehead atoms. The van der Waals surface area contributed by atoms with E-state index in [2.05, 4.69) is 11.9 Å². The van der Waals surface area contributed by atoms with Gasteiger partial charge in [0.2, 0.25) is 0 Å². The molecule has 2 aliphatic carbocycles.